The number of rotatable bonds is 3. The molecule has 1 aliphatic heterocycles. The number of likely N-dealkylation sites (tertiary alicyclic amines) is 1. The molecule has 0 spiro atoms. The number of nitrogens with one attached hydrogen (secondary N) is 1. The van der Waals surface area contributed by atoms with Crippen molar-refractivity contribution in [2.75, 3.05) is 19.6 Å². The van der Waals surface area contributed by atoms with Crippen LogP contribution in [0.5, 0.6) is 0 Å². The molecule has 0 bridgehead atoms. The van der Waals surface area contributed by atoms with Crippen LogP contribution in [0.4, 0.5) is 8.78 Å². The van der Waals surface area contributed by atoms with E-state index in [0.717, 1.165) is 19.6 Å². The molecule has 2 aliphatic carbocycles. The van der Waals surface area contributed by atoms with Gasteiger partial charge in [-0.3, -0.25) is 4.79 Å². The Kier molecular flexibility index (Phi) is 4.14. The quantitative estimate of drug-likeness (QED) is 0.883. The number of amides is 1. The van der Waals surface area contributed by atoms with Crippen molar-refractivity contribution in [3.63, 3.8) is 0 Å². The average Bonchev–Trinajstić information content (AvgIpc) is 3.03. The van der Waals surface area contributed by atoms with Gasteiger partial charge >= 0.3 is 0 Å². The van der Waals surface area contributed by atoms with Gasteiger partial charge in [0, 0.05) is 49.7 Å². The van der Waals surface area contributed by atoms with Gasteiger partial charge in [0.15, 0.2) is 0 Å². The van der Waals surface area contributed by atoms with E-state index in [0.29, 0.717) is 11.8 Å². The van der Waals surface area contributed by atoms with E-state index in [2.05, 4.69) is 28.4 Å². The van der Waals surface area contributed by atoms with Gasteiger partial charge in [0.05, 0.1) is 6.04 Å². The molecule has 2 fully saturated rings. The number of carbonyl (C=O) groups excluding carboxylic acids is 1. The van der Waals surface area contributed by atoms with Gasteiger partial charge < -0.3 is 10.2 Å². The molecular formula is C21H28F2N2O. The van der Waals surface area contributed by atoms with Crippen molar-refractivity contribution >= 4 is 5.91 Å². The molecule has 3 nitrogen and oxygen atoms in total. The highest BCUT2D eigenvalue weighted by atomic mass is 19.3. The van der Waals surface area contributed by atoms with Crippen LogP contribution in [0.1, 0.15) is 56.7 Å². The maximum Gasteiger partial charge on any atom is 0.248 e. The van der Waals surface area contributed by atoms with Crippen molar-refractivity contribution in [2.24, 2.45) is 17.3 Å². The van der Waals surface area contributed by atoms with E-state index in [-0.39, 0.29) is 30.7 Å². The standard InChI is InChI=1S/C21H28F2N2O/c1-20(2,3)19(26)24-18-15-7-5-4-6-14(15)16-11-25(12-17(16)18)10-13-8-21(22,23)9-13/h4-7,13,16-18H,8-12H2,1-3H3,(H,24,26)/t16-,17-,18+/m0/s1. The van der Waals surface area contributed by atoms with Gasteiger partial charge in [0.25, 0.3) is 0 Å². The molecule has 0 aromatic heterocycles. The van der Waals surface area contributed by atoms with Gasteiger partial charge in [-0.2, -0.15) is 0 Å². The van der Waals surface area contributed by atoms with Crippen LogP contribution in [0.2, 0.25) is 0 Å². The molecule has 1 saturated carbocycles. The summed E-state index contributed by atoms with van der Waals surface area (Å²) < 4.78 is 26.3. The van der Waals surface area contributed by atoms with E-state index < -0.39 is 11.3 Å². The first kappa shape index (κ1) is 17.9. The van der Waals surface area contributed by atoms with Crippen molar-refractivity contribution in [3.05, 3.63) is 35.4 Å². The highest BCUT2D eigenvalue weighted by molar-refractivity contribution is 5.82. The largest absolute Gasteiger partial charge is 0.348 e. The zero-order valence-electron chi connectivity index (χ0n) is 15.8. The fraction of sp³-hybridized carbons (Fsp3) is 0.667. The first-order chi connectivity index (χ1) is 12.1. The van der Waals surface area contributed by atoms with Crippen molar-refractivity contribution < 1.29 is 13.6 Å². The summed E-state index contributed by atoms with van der Waals surface area (Å²) in [5, 5.41) is 3.28. The number of fused-ring (bicyclic) bond motifs is 3. The predicted octanol–water partition coefficient (Wildman–Crippen LogP) is 3.96. The summed E-state index contributed by atoms with van der Waals surface area (Å²) in [5.74, 6) is -1.55. The van der Waals surface area contributed by atoms with Crippen molar-refractivity contribution in [1.82, 2.24) is 10.2 Å². The van der Waals surface area contributed by atoms with Crippen LogP contribution >= 0.6 is 0 Å². The highest BCUT2D eigenvalue weighted by Crippen LogP contribution is 2.50. The first-order valence-electron chi connectivity index (χ1n) is 9.64. The van der Waals surface area contributed by atoms with Crippen molar-refractivity contribution in [2.45, 2.75) is 51.5 Å². The molecule has 3 aliphatic rings. The van der Waals surface area contributed by atoms with Crippen LogP contribution in [0, 0.1) is 17.3 Å². The Hall–Kier alpha value is -1.49. The molecule has 1 aromatic carbocycles. The summed E-state index contributed by atoms with van der Waals surface area (Å²) in [6.07, 6.45) is 0.0548. The molecule has 0 radical (unpaired) electrons. The first-order valence-corrected chi connectivity index (χ1v) is 9.64. The monoisotopic (exact) mass is 362 g/mol. The Labute approximate surface area is 154 Å². The summed E-state index contributed by atoms with van der Waals surface area (Å²) >= 11 is 0. The Bertz CT molecular complexity index is 704. The normalized spacial score (nSPS) is 30.6. The van der Waals surface area contributed by atoms with Gasteiger partial charge in [-0.1, -0.05) is 45.0 Å². The fourth-order valence-corrected chi connectivity index (χ4v) is 4.91. The van der Waals surface area contributed by atoms with Crippen LogP contribution in [0.15, 0.2) is 24.3 Å². The molecule has 3 atom stereocenters. The Morgan fingerprint density at radius 2 is 1.85 bits per heavy atom. The maximum absolute atomic E-state index is 13.1. The zero-order chi connectivity index (χ0) is 18.7. The molecule has 1 saturated heterocycles. The van der Waals surface area contributed by atoms with Crippen LogP contribution in [0.25, 0.3) is 0 Å². The third kappa shape index (κ3) is 3.15. The maximum atomic E-state index is 13.1. The predicted molar refractivity (Wildman–Crippen MR) is 97.1 cm³/mol. The summed E-state index contributed by atoms with van der Waals surface area (Å²) in [5.41, 5.74) is 2.12. The van der Waals surface area contributed by atoms with E-state index in [1.807, 2.05) is 26.8 Å². The Balaban J connectivity index is 1.50. The van der Waals surface area contributed by atoms with E-state index >= 15 is 0 Å². The van der Waals surface area contributed by atoms with Crippen LogP contribution in [-0.4, -0.2) is 36.4 Å². The second kappa shape index (κ2) is 6.01. The third-order valence-electron chi connectivity index (χ3n) is 6.26. The van der Waals surface area contributed by atoms with Gasteiger partial charge in [-0.25, -0.2) is 8.78 Å². The molecule has 142 valence electrons. The van der Waals surface area contributed by atoms with E-state index in [1.54, 1.807) is 0 Å². The number of carbonyl (C=O) groups is 1. The van der Waals surface area contributed by atoms with Crippen molar-refractivity contribution in [1.29, 1.82) is 0 Å². The fourth-order valence-electron chi connectivity index (χ4n) is 4.91. The minimum atomic E-state index is -2.45. The molecule has 1 aromatic rings. The smallest absolute Gasteiger partial charge is 0.248 e. The van der Waals surface area contributed by atoms with Crippen molar-refractivity contribution in [3.8, 4) is 0 Å². The lowest BCUT2D eigenvalue weighted by Crippen LogP contribution is -2.43. The molecule has 0 unspecified atom stereocenters. The Morgan fingerprint density at radius 1 is 1.19 bits per heavy atom. The van der Waals surface area contributed by atoms with E-state index in [1.165, 1.54) is 11.1 Å². The molecule has 1 heterocycles. The number of hydrogen-bond acceptors (Lipinski definition) is 2. The topological polar surface area (TPSA) is 32.3 Å². The molecule has 26 heavy (non-hydrogen) atoms. The lowest BCUT2D eigenvalue weighted by atomic mass is 9.81. The SMILES string of the molecule is CC(C)(C)C(=O)N[C@@H]1c2ccccc2[C@@H]2CN(CC3CC(F)(F)C3)C[C@H]12. The van der Waals surface area contributed by atoms with Gasteiger partial charge in [-0.15, -0.1) is 0 Å². The van der Waals surface area contributed by atoms with Crippen LogP contribution < -0.4 is 5.32 Å². The second-order valence-electron chi connectivity index (χ2n) is 9.45. The zero-order valence-corrected chi connectivity index (χ0v) is 15.8. The number of benzene rings is 1. The lowest BCUT2D eigenvalue weighted by Gasteiger charge is -2.37. The molecule has 4 rings (SSSR count). The van der Waals surface area contributed by atoms with E-state index in [4.69, 9.17) is 0 Å². The number of halogens is 2. The molecular weight excluding hydrogens is 334 g/mol. The van der Waals surface area contributed by atoms with Gasteiger partial charge in [0.2, 0.25) is 11.8 Å². The minimum absolute atomic E-state index is 0.0238. The lowest BCUT2D eigenvalue weighted by molar-refractivity contribution is -0.129. The summed E-state index contributed by atoms with van der Waals surface area (Å²) in [4.78, 5) is 14.9. The molecule has 5 heteroatoms. The van der Waals surface area contributed by atoms with Crippen LogP contribution in [0.3, 0.4) is 0 Å². The number of nitrogens with zero attached hydrogens (tertiary/aromatic N) is 1. The number of alkyl halides is 2. The minimum Gasteiger partial charge on any atom is -0.348 e. The molecule has 1 amide bonds. The summed E-state index contributed by atoms with van der Waals surface area (Å²) in [6, 6.07) is 8.40. The summed E-state index contributed by atoms with van der Waals surface area (Å²) in [7, 11) is 0. The molecule has 1 N–H and O–H groups in total. The third-order valence-corrected chi connectivity index (χ3v) is 6.26. The highest BCUT2D eigenvalue weighted by Gasteiger charge is 2.50. The summed E-state index contributed by atoms with van der Waals surface area (Å²) in [6.45, 7) is 8.32. The van der Waals surface area contributed by atoms with Gasteiger partial charge in [-0.05, 0) is 17.0 Å². The second-order valence-corrected chi connectivity index (χ2v) is 9.45. The number of hydrogen-bond donors (Lipinski definition) is 1. The average molecular weight is 362 g/mol. The van der Waals surface area contributed by atoms with E-state index in [9.17, 15) is 13.6 Å². The Morgan fingerprint density at radius 3 is 2.46 bits per heavy atom. The van der Waals surface area contributed by atoms with Gasteiger partial charge in [0.1, 0.15) is 0 Å². The van der Waals surface area contributed by atoms with Crippen LogP contribution in [-0.2, 0) is 4.79 Å².